The Bertz CT molecular complexity index is 484. The number of amides is 1. The van der Waals surface area contributed by atoms with E-state index in [4.69, 9.17) is 11.6 Å². The van der Waals surface area contributed by atoms with Crippen LogP contribution in [-0.4, -0.2) is 42.0 Å². The summed E-state index contributed by atoms with van der Waals surface area (Å²) in [6.07, 6.45) is 0. The quantitative estimate of drug-likeness (QED) is 0.850. The van der Waals surface area contributed by atoms with E-state index in [0.717, 1.165) is 5.69 Å². The summed E-state index contributed by atoms with van der Waals surface area (Å²) < 4.78 is 0. The molecule has 0 aromatic carbocycles. The zero-order chi connectivity index (χ0) is 15.5. The fourth-order valence-corrected chi connectivity index (χ4v) is 1.72. The van der Waals surface area contributed by atoms with Gasteiger partial charge in [-0.2, -0.15) is 0 Å². The number of carbonyl (C=O) groups is 1. The molecule has 1 amide bonds. The Morgan fingerprint density at radius 1 is 1.40 bits per heavy atom. The van der Waals surface area contributed by atoms with Gasteiger partial charge in [0.1, 0.15) is 5.15 Å². The van der Waals surface area contributed by atoms with Crippen molar-refractivity contribution >= 4 is 17.5 Å². The fourth-order valence-electron chi connectivity index (χ4n) is 1.50. The van der Waals surface area contributed by atoms with Crippen LogP contribution in [0.5, 0.6) is 0 Å². The van der Waals surface area contributed by atoms with Crippen molar-refractivity contribution in [1.29, 1.82) is 0 Å². The Morgan fingerprint density at radius 2 is 2.00 bits per heavy atom. The van der Waals surface area contributed by atoms with Gasteiger partial charge in [0.2, 0.25) is 0 Å². The average molecular weight is 298 g/mol. The van der Waals surface area contributed by atoms with Crippen LogP contribution >= 0.6 is 11.6 Å². The highest BCUT2D eigenvalue weighted by molar-refractivity contribution is 6.29. The first-order valence-electron chi connectivity index (χ1n) is 6.76. The Labute approximate surface area is 126 Å². The van der Waals surface area contributed by atoms with Crippen LogP contribution in [0.3, 0.4) is 0 Å². The second-order valence-electron chi connectivity index (χ2n) is 6.15. The summed E-state index contributed by atoms with van der Waals surface area (Å²) >= 11 is 5.98. The van der Waals surface area contributed by atoms with Gasteiger partial charge in [0.25, 0.3) is 5.91 Å². The van der Waals surface area contributed by atoms with Gasteiger partial charge in [0.05, 0.1) is 0 Å². The Morgan fingerprint density at radius 3 is 2.50 bits per heavy atom. The van der Waals surface area contributed by atoms with Crippen LogP contribution in [0.25, 0.3) is 0 Å². The van der Waals surface area contributed by atoms with Gasteiger partial charge in [0, 0.05) is 23.3 Å². The Balaban J connectivity index is 2.83. The monoisotopic (exact) mass is 297 g/mol. The van der Waals surface area contributed by atoms with Gasteiger partial charge in [-0.15, -0.1) is 0 Å². The molecule has 1 heterocycles. The third kappa shape index (κ3) is 4.46. The van der Waals surface area contributed by atoms with Crippen molar-refractivity contribution in [3.05, 3.63) is 28.5 Å². The molecule has 0 saturated carbocycles. The molecule has 1 aromatic rings. The van der Waals surface area contributed by atoms with E-state index in [9.17, 15) is 4.79 Å². The molecule has 4 nitrogen and oxygen atoms in total. The highest BCUT2D eigenvalue weighted by Gasteiger charge is 2.21. The predicted molar refractivity (Wildman–Crippen MR) is 83.4 cm³/mol. The van der Waals surface area contributed by atoms with Gasteiger partial charge in [-0.25, -0.2) is 4.98 Å². The number of pyridine rings is 1. The lowest BCUT2D eigenvalue weighted by Crippen LogP contribution is -2.48. The van der Waals surface area contributed by atoms with E-state index >= 15 is 0 Å². The molecule has 0 fully saturated rings. The molecular formula is C15H24ClN3O. The summed E-state index contributed by atoms with van der Waals surface area (Å²) in [5.41, 5.74) is 1.28. The molecule has 0 spiro atoms. The zero-order valence-electron chi connectivity index (χ0n) is 13.1. The number of rotatable bonds is 5. The number of hydrogen-bond acceptors (Lipinski definition) is 3. The lowest BCUT2D eigenvalue weighted by Gasteiger charge is -2.32. The van der Waals surface area contributed by atoms with Crippen molar-refractivity contribution in [2.75, 3.05) is 20.6 Å². The van der Waals surface area contributed by atoms with Crippen molar-refractivity contribution < 1.29 is 4.79 Å². The van der Waals surface area contributed by atoms with Gasteiger partial charge < -0.3 is 10.2 Å². The molecule has 0 saturated heterocycles. The van der Waals surface area contributed by atoms with Crippen LogP contribution in [0.15, 0.2) is 12.1 Å². The van der Waals surface area contributed by atoms with Gasteiger partial charge in [-0.05, 0) is 46.0 Å². The predicted octanol–water partition coefficient (Wildman–Crippen LogP) is 2.93. The van der Waals surface area contributed by atoms with Crippen LogP contribution < -0.4 is 5.32 Å². The molecule has 0 aliphatic rings. The smallest absolute Gasteiger partial charge is 0.251 e. The van der Waals surface area contributed by atoms with Crippen molar-refractivity contribution in [1.82, 2.24) is 15.2 Å². The second-order valence-corrected chi connectivity index (χ2v) is 6.53. The summed E-state index contributed by atoms with van der Waals surface area (Å²) in [6, 6.07) is 3.40. The van der Waals surface area contributed by atoms with E-state index in [1.807, 2.05) is 27.9 Å². The maximum Gasteiger partial charge on any atom is 0.251 e. The third-order valence-corrected chi connectivity index (χ3v) is 3.75. The number of likely N-dealkylation sites (N-methyl/N-ethyl adjacent to an activating group) is 1. The van der Waals surface area contributed by atoms with Crippen LogP contribution in [0.1, 0.15) is 49.7 Å². The lowest BCUT2D eigenvalue weighted by atomic mass is 10.0. The molecule has 1 rings (SSSR count). The van der Waals surface area contributed by atoms with Crippen LogP contribution in [0.4, 0.5) is 0 Å². The van der Waals surface area contributed by atoms with Crippen molar-refractivity contribution in [2.24, 2.45) is 0 Å². The number of carbonyl (C=O) groups excluding carboxylic acids is 1. The lowest BCUT2D eigenvalue weighted by molar-refractivity contribution is 0.0919. The van der Waals surface area contributed by atoms with Gasteiger partial charge >= 0.3 is 0 Å². The topological polar surface area (TPSA) is 45.2 Å². The minimum atomic E-state index is -0.119. The molecule has 1 N–H and O–H groups in total. The maximum absolute atomic E-state index is 12.2. The number of halogens is 1. The number of hydrogen-bond donors (Lipinski definition) is 1. The first kappa shape index (κ1) is 16.9. The van der Waals surface area contributed by atoms with Gasteiger partial charge in [-0.3, -0.25) is 4.79 Å². The standard InChI is InChI=1S/C15H24ClN3O/c1-10(2)12-7-11(8-13(16)18-12)14(20)17-9-15(3,4)19(5)6/h7-8,10H,9H2,1-6H3,(H,17,20). The van der Waals surface area contributed by atoms with E-state index in [2.05, 4.69) is 29.0 Å². The van der Waals surface area contributed by atoms with Crippen molar-refractivity contribution in [2.45, 2.75) is 39.2 Å². The SMILES string of the molecule is CC(C)c1cc(C(=O)NCC(C)(C)N(C)C)cc(Cl)n1. The molecule has 0 radical (unpaired) electrons. The van der Waals surface area contributed by atoms with E-state index in [0.29, 0.717) is 17.3 Å². The summed E-state index contributed by atoms with van der Waals surface area (Å²) in [6.45, 7) is 8.76. The highest BCUT2D eigenvalue weighted by atomic mass is 35.5. The molecule has 1 aromatic heterocycles. The van der Waals surface area contributed by atoms with E-state index in [1.165, 1.54) is 0 Å². The molecule has 0 atom stereocenters. The summed E-state index contributed by atoms with van der Waals surface area (Å²) in [7, 11) is 3.98. The zero-order valence-corrected chi connectivity index (χ0v) is 13.9. The van der Waals surface area contributed by atoms with Gasteiger partial charge in [-0.1, -0.05) is 25.4 Å². The Hall–Kier alpha value is -1.13. The first-order valence-corrected chi connectivity index (χ1v) is 7.14. The van der Waals surface area contributed by atoms with Crippen LogP contribution in [0, 0.1) is 0 Å². The fraction of sp³-hybridized carbons (Fsp3) is 0.600. The first-order chi connectivity index (χ1) is 9.13. The van der Waals surface area contributed by atoms with E-state index in [1.54, 1.807) is 12.1 Å². The molecule has 0 unspecified atom stereocenters. The molecule has 112 valence electrons. The third-order valence-electron chi connectivity index (χ3n) is 3.56. The average Bonchev–Trinajstić information content (AvgIpc) is 2.35. The van der Waals surface area contributed by atoms with Crippen molar-refractivity contribution in [3.63, 3.8) is 0 Å². The summed E-state index contributed by atoms with van der Waals surface area (Å²) in [5.74, 6) is 0.115. The number of nitrogens with one attached hydrogen (secondary N) is 1. The molecule has 20 heavy (non-hydrogen) atoms. The minimum absolute atomic E-state index is 0.104. The minimum Gasteiger partial charge on any atom is -0.350 e. The maximum atomic E-state index is 12.2. The molecule has 5 heteroatoms. The summed E-state index contributed by atoms with van der Waals surface area (Å²) in [4.78, 5) is 18.5. The van der Waals surface area contributed by atoms with Gasteiger partial charge in [0.15, 0.2) is 0 Å². The van der Waals surface area contributed by atoms with Crippen molar-refractivity contribution in [3.8, 4) is 0 Å². The van der Waals surface area contributed by atoms with E-state index in [-0.39, 0.29) is 17.4 Å². The second kappa shape index (κ2) is 6.55. The molecule has 0 bridgehead atoms. The van der Waals surface area contributed by atoms with E-state index < -0.39 is 0 Å². The largest absolute Gasteiger partial charge is 0.350 e. The molecular weight excluding hydrogens is 274 g/mol. The Kier molecular flexibility index (Phi) is 5.54. The highest BCUT2D eigenvalue weighted by Crippen LogP contribution is 2.18. The molecule has 0 aliphatic carbocycles. The summed E-state index contributed by atoms with van der Waals surface area (Å²) in [5, 5.41) is 3.30. The number of aromatic nitrogens is 1. The number of nitrogens with zero attached hydrogens (tertiary/aromatic N) is 2. The molecule has 0 aliphatic heterocycles. The van der Waals surface area contributed by atoms with Crippen LogP contribution in [0.2, 0.25) is 5.15 Å². The van der Waals surface area contributed by atoms with Crippen LogP contribution in [-0.2, 0) is 0 Å². The normalized spacial score (nSPS) is 12.1.